The van der Waals surface area contributed by atoms with Crippen molar-refractivity contribution in [2.45, 2.75) is 0 Å². The van der Waals surface area contributed by atoms with Crippen molar-refractivity contribution >= 4 is 17.9 Å². The van der Waals surface area contributed by atoms with Gasteiger partial charge in [-0.05, 0) is 83.9 Å². The van der Waals surface area contributed by atoms with E-state index in [1.54, 1.807) is 36.4 Å². The van der Waals surface area contributed by atoms with Gasteiger partial charge < -0.3 is 39.1 Å². The van der Waals surface area contributed by atoms with Gasteiger partial charge in [0.05, 0.1) is 38.8 Å². The summed E-state index contributed by atoms with van der Waals surface area (Å²) in [6.07, 6.45) is 0. The van der Waals surface area contributed by atoms with Crippen LogP contribution in [0.1, 0.15) is 31.1 Å². The Balaban J connectivity index is 0. The van der Waals surface area contributed by atoms with Gasteiger partial charge in [0.15, 0.2) is 0 Å². The van der Waals surface area contributed by atoms with Crippen LogP contribution < -0.4 is 127 Å². The number of hydrogen-bond donors (Lipinski definition) is 1. The Morgan fingerprint density at radius 1 is 0.543 bits per heavy atom. The second-order valence-corrected chi connectivity index (χ2v) is 6.07. The number of rotatable bonds is 6. The molecule has 3 aromatic rings. The second-order valence-electron chi connectivity index (χ2n) is 6.07. The van der Waals surface area contributed by atoms with Gasteiger partial charge in [-0.1, -0.05) is 0 Å². The third-order valence-electron chi connectivity index (χ3n) is 3.99. The van der Waals surface area contributed by atoms with E-state index in [-0.39, 0.29) is 119 Å². The Labute approximate surface area is 288 Å². The van der Waals surface area contributed by atoms with E-state index in [1.807, 2.05) is 0 Å². The van der Waals surface area contributed by atoms with Gasteiger partial charge in [0.1, 0.15) is 17.2 Å². The molecule has 0 spiro atoms. The molecule has 0 fully saturated rings. The van der Waals surface area contributed by atoms with E-state index < -0.39 is 17.9 Å². The predicted molar refractivity (Wildman–Crippen MR) is 115 cm³/mol. The number of carbonyl (C=O) groups is 3. The van der Waals surface area contributed by atoms with Crippen molar-refractivity contribution in [2.24, 2.45) is 0 Å². The molecule has 0 bridgehead atoms. The smallest absolute Gasteiger partial charge is 0.545 e. The topological polar surface area (TPSA) is 145 Å². The first-order chi connectivity index (χ1) is 15.7. The quantitative estimate of drug-likeness (QED) is 0.311. The Hall–Kier alpha value is -1.26. The maximum atomic E-state index is 10.4. The molecule has 3 rings (SSSR count). The van der Waals surface area contributed by atoms with Crippen molar-refractivity contribution in [2.75, 3.05) is 21.3 Å². The minimum absolute atomic E-state index is 0. The van der Waals surface area contributed by atoms with Crippen LogP contribution in [0.2, 0.25) is 0 Å². The molecule has 11 heteroatoms. The maximum Gasteiger partial charge on any atom is 1.00 e. The minimum atomic E-state index is -1.17. The summed E-state index contributed by atoms with van der Waals surface area (Å²) in [5.41, 5.74) is 0.586. The molecule has 0 aliphatic heterocycles. The van der Waals surface area contributed by atoms with E-state index in [9.17, 15) is 24.6 Å². The molecule has 0 radical (unpaired) electrons. The molecule has 0 aliphatic carbocycles. The molecule has 0 aliphatic rings. The SMILES string of the molecule is COc1ccc(C(=O)O)cc1.COc1ccc(C(=O)[O-])cc1.COc1ccc(C(=O)[O-])cc1.[K+].[K+]. The van der Waals surface area contributed by atoms with E-state index in [2.05, 4.69) is 0 Å². The van der Waals surface area contributed by atoms with Crippen molar-refractivity contribution in [3.05, 3.63) is 89.5 Å². The van der Waals surface area contributed by atoms with Gasteiger partial charge in [0, 0.05) is 0 Å². The molecule has 35 heavy (non-hydrogen) atoms. The average molecular weight is 533 g/mol. The van der Waals surface area contributed by atoms with Gasteiger partial charge in [-0.3, -0.25) is 0 Å². The maximum absolute atomic E-state index is 10.4. The largest absolute Gasteiger partial charge is 1.00 e. The summed E-state index contributed by atoms with van der Waals surface area (Å²) in [6, 6.07) is 18.3. The number of carbonyl (C=O) groups excluding carboxylic acids is 2. The summed E-state index contributed by atoms with van der Waals surface area (Å²) in [5.74, 6) is -1.34. The molecule has 0 heterocycles. The monoisotopic (exact) mass is 532 g/mol. The molecule has 0 saturated carbocycles. The van der Waals surface area contributed by atoms with Crippen LogP contribution in [-0.2, 0) is 0 Å². The number of carboxylic acid groups (broad SMARTS) is 3. The Morgan fingerprint density at radius 2 is 0.771 bits per heavy atom. The van der Waals surface area contributed by atoms with E-state index in [0.717, 1.165) is 0 Å². The average Bonchev–Trinajstić information content (AvgIpc) is 2.84. The van der Waals surface area contributed by atoms with Crippen molar-refractivity contribution in [3.8, 4) is 17.2 Å². The number of ether oxygens (including phenoxy) is 3. The van der Waals surface area contributed by atoms with E-state index >= 15 is 0 Å². The fourth-order valence-electron chi connectivity index (χ4n) is 2.19. The van der Waals surface area contributed by atoms with Crippen LogP contribution in [0.15, 0.2) is 72.8 Å². The molecular formula is C24H22K2O9. The summed E-state index contributed by atoms with van der Waals surface area (Å²) in [6.45, 7) is 0. The minimum Gasteiger partial charge on any atom is -0.545 e. The Morgan fingerprint density at radius 3 is 0.943 bits per heavy atom. The summed E-state index contributed by atoms with van der Waals surface area (Å²) >= 11 is 0. The zero-order valence-corrected chi connectivity index (χ0v) is 26.4. The summed E-state index contributed by atoms with van der Waals surface area (Å²) in [4.78, 5) is 30.9. The number of carboxylic acids is 3. The van der Waals surface area contributed by atoms with Crippen molar-refractivity contribution in [1.82, 2.24) is 0 Å². The van der Waals surface area contributed by atoms with E-state index in [1.165, 1.54) is 57.7 Å². The third kappa shape index (κ3) is 14.2. The summed E-state index contributed by atoms with van der Waals surface area (Å²) in [5, 5.41) is 29.0. The van der Waals surface area contributed by atoms with Crippen LogP contribution in [0, 0.1) is 0 Å². The summed E-state index contributed by atoms with van der Waals surface area (Å²) < 4.78 is 14.5. The van der Waals surface area contributed by atoms with Gasteiger partial charge in [-0.15, -0.1) is 0 Å². The van der Waals surface area contributed by atoms with Crippen LogP contribution >= 0.6 is 0 Å². The van der Waals surface area contributed by atoms with Crippen molar-refractivity contribution in [1.29, 1.82) is 0 Å². The fraction of sp³-hybridized carbons (Fsp3) is 0.125. The molecule has 0 saturated heterocycles. The normalized spacial score (nSPS) is 8.66. The van der Waals surface area contributed by atoms with Gasteiger partial charge in [-0.25, -0.2) is 4.79 Å². The number of aromatic carboxylic acids is 3. The van der Waals surface area contributed by atoms with Crippen molar-refractivity contribution in [3.63, 3.8) is 0 Å². The molecule has 174 valence electrons. The standard InChI is InChI=1S/3C8H8O3.2K/c3*1-11-7-4-2-6(3-5-7)8(9)10;;/h3*2-5H,1H3,(H,9,10);;/q;;;2*+1/p-2. The molecule has 9 nitrogen and oxygen atoms in total. The van der Waals surface area contributed by atoms with E-state index in [0.29, 0.717) is 17.2 Å². The predicted octanol–water partition coefficient (Wildman–Crippen LogP) is -4.48. The van der Waals surface area contributed by atoms with Crippen molar-refractivity contribution < 1.29 is 147 Å². The number of methoxy groups -OCH3 is 3. The van der Waals surface area contributed by atoms with Gasteiger partial charge in [-0.2, -0.15) is 0 Å². The first-order valence-corrected chi connectivity index (χ1v) is 9.30. The fourth-order valence-corrected chi connectivity index (χ4v) is 2.19. The molecular weight excluding hydrogens is 510 g/mol. The molecule has 0 amide bonds. The zero-order chi connectivity index (χ0) is 24.8. The Bertz CT molecular complexity index is 899. The summed E-state index contributed by atoms with van der Waals surface area (Å²) in [7, 11) is 4.58. The van der Waals surface area contributed by atoms with Crippen LogP contribution in [0.5, 0.6) is 17.2 Å². The van der Waals surface area contributed by atoms with Gasteiger partial charge >= 0.3 is 109 Å². The molecule has 1 N–H and O–H groups in total. The molecule has 0 unspecified atom stereocenters. The first-order valence-electron chi connectivity index (χ1n) is 9.30. The molecule has 3 aromatic carbocycles. The van der Waals surface area contributed by atoms with Crippen LogP contribution in [0.4, 0.5) is 0 Å². The number of benzene rings is 3. The zero-order valence-electron chi connectivity index (χ0n) is 20.1. The van der Waals surface area contributed by atoms with Crippen LogP contribution in [-0.4, -0.2) is 44.3 Å². The third-order valence-corrected chi connectivity index (χ3v) is 3.99. The molecule has 0 atom stereocenters. The first kappa shape index (κ1) is 35.9. The van der Waals surface area contributed by atoms with Gasteiger partial charge in [0.25, 0.3) is 0 Å². The second kappa shape index (κ2) is 19.9. The van der Waals surface area contributed by atoms with Gasteiger partial charge in [0.2, 0.25) is 0 Å². The van der Waals surface area contributed by atoms with E-state index in [4.69, 9.17) is 19.3 Å². The molecule has 0 aromatic heterocycles. The number of hydrogen-bond acceptors (Lipinski definition) is 8. The van der Waals surface area contributed by atoms with Crippen LogP contribution in [0.3, 0.4) is 0 Å². The van der Waals surface area contributed by atoms with Crippen LogP contribution in [0.25, 0.3) is 0 Å². The Kier molecular flexibility index (Phi) is 20.4.